The van der Waals surface area contributed by atoms with Gasteiger partial charge in [0.15, 0.2) is 0 Å². The summed E-state index contributed by atoms with van der Waals surface area (Å²) in [4.78, 5) is 2.31. The topological polar surface area (TPSA) is 15.3 Å². The maximum atomic E-state index is 3.39. The van der Waals surface area contributed by atoms with Crippen molar-refractivity contribution in [3.05, 3.63) is 0 Å². The summed E-state index contributed by atoms with van der Waals surface area (Å²) in [5, 5.41) is 4.18. The zero-order valence-corrected chi connectivity index (χ0v) is 7.74. The molecule has 3 heteroatoms. The molecule has 2 atom stereocenters. The third kappa shape index (κ3) is 1.65. The third-order valence-electron chi connectivity index (χ3n) is 2.09. The highest BCUT2D eigenvalue weighted by Gasteiger charge is 2.27. The van der Waals surface area contributed by atoms with E-state index >= 15 is 0 Å². The summed E-state index contributed by atoms with van der Waals surface area (Å²) < 4.78 is 0. The van der Waals surface area contributed by atoms with Crippen LogP contribution < -0.4 is 5.32 Å². The van der Waals surface area contributed by atoms with Gasteiger partial charge in [-0.3, -0.25) is 0 Å². The van der Waals surface area contributed by atoms with Crippen LogP contribution in [0, 0.1) is 0 Å². The number of likely N-dealkylation sites (N-methyl/N-ethyl adjacent to an activating group) is 1. The maximum Gasteiger partial charge on any atom is 0.0345 e. The van der Waals surface area contributed by atoms with Gasteiger partial charge in [0.1, 0.15) is 0 Å². The third-order valence-corrected chi connectivity index (χ3v) is 3.18. The van der Waals surface area contributed by atoms with Crippen LogP contribution in [-0.4, -0.2) is 49.6 Å². The predicted molar refractivity (Wildman–Crippen MR) is 47.6 cm³/mol. The summed E-state index contributed by atoms with van der Waals surface area (Å²) in [5.41, 5.74) is 0. The molecule has 2 nitrogen and oxygen atoms in total. The van der Waals surface area contributed by atoms with Crippen LogP contribution >= 0.6 is 11.8 Å². The Hall–Kier alpha value is 0.270. The van der Waals surface area contributed by atoms with Crippen LogP contribution in [0.4, 0.5) is 0 Å². The Bertz CT molecular complexity index is 106. The van der Waals surface area contributed by atoms with E-state index in [1.54, 1.807) is 0 Å². The first-order valence-electron chi connectivity index (χ1n) is 3.65. The van der Waals surface area contributed by atoms with Gasteiger partial charge < -0.3 is 10.2 Å². The molecule has 1 rings (SSSR count). The van der Waals surface area contributed by atoms with Crippen molar-refractivity contribution in [1.29, 1.82) is 0 Å². The molecule has 1 heterocycles. The van der Waals surface area contributed by atoms with E-state index in [2.05, 4.69) is 30.6 Å². The van der Waals surface area contributed by atoms with Crippen LogP contribution in [0.2, 0.25) is 0 Å². The number of nitrogens with zero attached hydrogens (tertiary/aromatic N) is 1. The van der Waals surface area contributed by atoms with E-state index in [0.29, 0.717) is 0 Å². The van der Waals surface area contributed by atoms with E-state index in [9.17, 15) is 0 Å². The first-order chi connectivity index (χ1) is 4.75. The largest absolute Gasteiger partial charge is 0.314 e. The minimum atomic E-state index is 0.731. The van der Waals surface area contributed by atoms with Crippen LogP contribution in [0.1, 0.15) is 0 Å². The van der Waals surface area contributed by atoms with Gasteiger partial charge in [-0.2, -0.15) is 11.8 Å². The fourth-order valence-electron chi connectivity index (χ4n) is 1.40. The fourth-order valence-corrected chi connectivity index (χ4v) is 2.33. The lowest BCUT2D eigenvalue weighted by atomic mass is 10.2. The summed E-state index contributed by atoms with van der Waals surface area (Å²) in [6.45, 7) is 2.32. The smallest absolute Gasteiger partial charge is 0.0345 e. The van der Waals surface area contributed by atoms with E-state index in [-0.39, 0.29) is 0 Å². The summed E-state index contributed by atoms with van der Waals surface area (Å²) in [5.74, 6) is 0. The average molecular weight is 160 g/mol. The van der Waals surface area contributed by atoms with Crippen molar-refractivity contribution in [1.82, 2.24) is 10.2 Å². The molecule has 0 aliphatic carbocycles. The minimum Gasteiger partial charge on any atom is -0.314 e. The van der Waals surface area contributed by atoms with E-state index in [1.165, 1.54) is 6.54 Å². The first kappa shape index (κ1) is 8.37. The molecule has 1 aliphatic heterocycles. The van der Waals surface area contributed by atoms with Crippen LogP contribution in [0.3, 0.4) is 0 Å². The number of hydrogen-bond donors (Lipinski definition) is 1. The van der Waals surface area contributed by atoms with Gasteiger partial charge in [-0.1, -0.05) is 0 Å². The van der Waals surface area contributed by atoms with E-state index in [1.807, 2.05) is 11.8 Å². The molecular weight excluding hydrogens is 144 g/mol. The Labute approximate surface area is 67.4 Å². The van der Waals surface area contributed by atoms with Gasteiger partial charge in [-0.05, 0) is 20.4 Å². The Morgan fingerprint density at radius 2 is 2.10 bits per heavy atom. The zero-order valence-electron chi connectivity index (χ0n) is 6.92. The van der Waals surface area contributed by atoms with Crippen LogP contribution in [0.5, 0.6) is 0 Å². The molecule has 0 radical (unpaired) electrons. The molecule has 10 heavy (non-hydrogen) atoms. The van der Waals surface area contributed by atoms with Gasteiger partial charge in [0, 0.05) is 24.4 Å². The predicted octanol–water partition coefficient (Wildman–Crippen LogP) is 0.251. The van der Waals surface area contributed by atoms with Crippen LogP contribution in [0.25, 0.3) is 0 Å². The molecule has 1 aliphatic rings. The minimum absolute atomic E-state index is 0.731. The first-order valence-corrected chi connectivity index (χ1v) is 4.94. The maximum absolute atomic E-state index is 3.39. The van der Waals surface area contributed by atoms with Crippen LogP contribution in [-0.2, 0) is 0 Å². The Morgan fingerprint density at radius 3 is 2.50 bits per heavy atom. The second-order valence-electron chi connectivity index (χ2n) is 2.96. The van der Waals surface area contributed by atoms with Crippen molar-refractivity contribution in [2.24, 2.45) is 0 Å². The van der Waals surface area contributed by atoms with E-state index in [0.717, 1.165) is 17.8 Å². The highest BCUT2D eigenvalue weighted by Crippen LogP contribution is 2.17. The molecule has 0 amide bonds. The standard InChI is InChI=1S/C7H16N2S/c1-9(2)6-4-8-5-7(6)10-3/h6-8H,4-5H2,1-3H3. The van der Waals surface area contributed by atoms with Crippen molar-refractivity contribution in [3.63, 3.8) is 0 Å². The summed E-state index contributed by atoms with van der Waals surface area (Å²) >= 11 is 1.96. The molecule has 1 saturated heterocycles. The van der Waals surface area contributed by atoms with E-state index in [4.69, 9.17) is 0 Å². The number of thioether (sulfide) groups is 1. The lowest BCUT2D eigenvalue weighted by Crippen LogP contribution is -2.36. The molecule has 2 unspecified atom stereocenters. The number of nitrogens with one attached hydrogen (secondary N) is 1. The van der Waals surface area contributed by atoms with Crippen molar-refractivity contribution in [2.75, 3.05) is 33.4 Å². The van der Waals surface area contributed by atoms with Gasteiger partial charge in [-0.15, -0.1) is 0 Å². The molecular formula is C7H16N2S. The van der Waals surface area contributed by atoms with Crippen LogP contribution in [0.15, 0.2) is 0 Å². The Morgan fingerprint density at radius 1 is 1.40 bits per heavy atom. The lowest BCUT2D eigenvalue weighted by molar-refractivity contribution is 0.318. The quantitative estimate of drug-likeness (QED) is 0.623. The van der Waals surface area contributed by atoms with Crippen molar-refractivity contribution in [3.8, 4) is 0 Å². The molecule has 0 aromatic carbocycles. The van der Waals surface area contributed by atoms with Crippen molar-refractivity contribution in [2.45, 2.75) is 11.3 Å². The molecule has 1 N–H and O–H groups in total. The van der Waals surface area contributed by atoms with Crippen molar-refractivity contribution < 1.29 is 0 Å². The number of hydrogen-bond acceptors (Lipinski definition) is 3. The van der Waals surface area contributed by atoms with Gasteiger partial charge in [0.2, 0.25) is 0 Å². The van der Waals surface area contributed by atoms with E-state index < -0.39 is 0 Å². The summed E-state index contributed by atoms with van der Waals surface area (Å²) in [6, 6.07) is 0.731. The Balaban J connectivity index is 2.42. The molecule has 0 spiro atoms. The monoisotopic (exact) mass is 160 g/mol. The molecule has 1 fully saturated rings. The SMILES string of the molecule is CSC1CNCC1N(C)C. The van der Waals surface area contributed by atoms with Gasteiger partial charge in [0.25, 0.3) is 0 Å². The van der Waals surface area contributed by atoms with Gasteiger partial charge >= 0.3 is 0 Å². The molecule has 0 bridgehead atoms. The normalized spacial score (nSPS) is 33.6. The second-order valence-corrected chi connectivity index (χ2v) is 4.04. The molecule has 0 aromatic heterocycles. The molecule has 60 valence electrons. The second kappa shape index (κ2) is 3.60. The highest BCUT2D eigenvalue weighted by atomic mass is 32.2. The van der Waals surface area contributed by atoms with Gasteiger partial charge in [-0.25, -0.2) is 0 Å². The summed E-state index contributed by atoms with van der Waals surface area (Å²) in [6.07, 6.45) is 2.19. The zero-order chi connectivity index (χ0) is 7.56. The van der Waals surface area contributed by atoms with Crippen molar-refractivity contribution >= 4 is 11.8 Å². The Kier molecular flexibility index (Phi) is 3.01. The average Bonchev–Trinajstić information content (AvgIpc) is 2.33. The lowest BCUT2D eigenvalue weighted by Gasteiger charge is -2.23. The fraction of sp³-hybridized carbons (Fsp3) is 1.00. The molecule has 0 aromatic rings. The van der Waals surface area contributed by atoms with Gasteiger partial charge in [0.05, 0.1) is 0 Å². The highest BCUT2D eigenvalue weighted by molar-refractivity contribution is 7.99. The number of rotatable bonds is 2. The summed E-state index contributed by atoms with van der Waals surface area (Å²) in [7, 11) is 4.31. The molecule has 0 saturated carbocycles.